The van der Waals surface area contributed by atoms with Crippen LogP contribution in [0.5, 0.6) is 0 Å². The van der Waals surface area contributed by atoms with Crippen LogP contribution in [0.4, 0.5) is 13.2 Å². The zero-order valence-corrected chi connectivity index (χ0v) is 14.0. The normalized spacial score (nSPS) is 11.1. The van der Waals surface area contributed by atoms with Gasteiger partial charge in [0.2, 0.25) is 0 Å². The van der Waals surface area contributed by atoms with Crippen molar-refractivity contribution in [1.29, 1.82) is 5.26 Å². The number of rotatable bonds is 4. The molecule has 1 amide bonds. The van der Waals surface area contributed by atoms with Crippen LogP contribution in [-0.2, 0) is 6.54 Å². The minimum Gasteiger partial charge on any atom is -0.324 e. The second-order valence-electron chi connectivity index (χ2n) is 4.68. The number of nitrogens with zero attached hydrogens (tertiary/aromatic N) is 2. The molecule has 0 aliphatic heterocycles. The molecule has 120 valence electrons. The molecule has 23 heavy (non-hydrogen) atoms. The third-order valence-electron chi connectivity index (χ3n) is 2.93. The Hall–Kier alpha value is -1.85. The van der Waals surface area contributed by atoms with Crippen LogP contribution in [0.2, 0.25) is 0 Å². The van der Waals surface area contributed by atoms with Gasteiger partial charge in [0.25, 0.3) is 5.91 Å². The van der Waals surface area contributed by atoms with Gasteiger partial charge in [-0.1, -0.05) is 12.1 Å². The van der Waals surface area contributed by atoms with Crippen molar-refractivity contribution in [1.82, 2.24) is 4.90 Å². The number of thiophene rings is 1. The number of amides is 1. The molecule has 0 aliphatic rings. The van der Waals surface area contributed by atoms with Gasteiger partial charge in [0, 0.05) is 11.0 Å². The molecule has 0 unspecified atom stereocenters. The molecule has 8 heteroatoms. The first kappa shape index (κ1) is 17.5. The fourth-order valence-corrected chi connectivity index (χ4v) is 3.42. The molecular formula is C15H10BrF3N2OS. The van der Waals surface area contributed by atoms with E-state index in [1.54, 1.807) is 23.6 Å². The topological polar surface area (TPSA) is 44.1 Å². The standard InChI is InChI=1S/C15H10BrF3N2OS/c16-12-5-6-23-13(12)14(22)21(9-15(17,18)19)8-11-3-1-10(7-20)2-4-11/h1-6H,8-9H2. The number of halogens is 4. The maximum atomic E-state index is 12.8. The van der Waals surface area contributed by atoms with Crippen LogP contribution in [0.15, 0.2) is 40.2 Å². The molecule has 3 nitrogen and oxygen atoms in total. The monoisotopic (exact) mass is 402 g/mol. The highest BCUT2D eigenvalue weighted by Gasteiger charge is 2.34. The van der Waals surface area contributed by atoms with E-state index in [1.165, 1.54) is 12.1 Å². The van der Waals surface area contributed by atoms with E-state index in [2.05, 4.69) is 15.9 Å². The summed E-state index contributed by atoms with van der Waals surface area (Å²) in [6.45, 7) is -1.52. The predicted molar refractivity (Wildman–Crippen MR) is 84.0 cm³/mol. The van der Waals surface area contributed by atoms with Crippen LogP contribution in [0, 0.1) is 11.3 Å². The summed E-state index contributed by atoms with van der Waals surface area (Å²) in [6.07, 6.45) is -4.49. The lowest BCUT2D eigenvalue weighted by Crippen LogP contribution is -2.38. The molecular weight excluding hydrogens is 393 g/mol. The van der Waals surface area contributed by atoms with Gasteiger partial charge in [0.15, 0.2) is 0 Å². The fraction of sp³-hybridized carbons (Fsp3) is 0.200. The summed E-state index contributed by atoms with van der Waals surface area (Å²) in [5.74, 6) is -0.687. The van der Waals surface area contributed by atoms with Crippen LogP contribution < -0.4 is 0 Å². The third kappa shape index (κ3) is 4.81. The number of carbonyl (C=O) groups excluding carboxylic acids is 1. The molecule has 0 bridgehead atoms. The van der Waals surface area contributed by atoms with Gasteiger partial charge in [0.1, 0.15) is 11.4 Å². The minimum atomic E-state index is -4.49. The SMILES string of the molecule is N#Cc1ccc(CN(CC(F)(F)F)C(=O)c2sccc2Br)cc1. The first-order chi connectivity index (χ1) is 10.8. The Morgan fingerprint density at radius 3 is 2.39 bits per heavy atom. The Kier molecular flexibility index (Phi) is 5.44. The number of alkyl halides is 3. The van der Waals surface area contributed by atoms with Gasteiger partial charge >= 0.3 is 6.18 Å². The molecule has 2 aromatic rings. The van der Waals surface area contributed by atoms with E-state index in [-0.39, 0.29) is 11.4 Å². The van der Waals surface area contributed by atoms with E-state index >= 15 is 0 Å². The van der Waals surface area contributed by atoms with Gasteiger partial charge in [-0.05, 0) is 45.1 Å². The highest BCUT2D eigenvalue weighted by molar-refractivity contribution is 9.10. The Morgan fingerprint density at radius 1 is 1.26 bits per heavy atom. The highest BCUT2D eigenvalue weighted by Crippen LogP contribution is 2.27. The number of carbonyl (C=O) groups is 1. The fourth-order valence-electron chi connectivity index (χ4n) is 1.91. The van der Waals surface area contributed by atoms with Crippen molar-refractivity contribution >= 4 is 33.2 Å². The maximum Gasteiger partial charge on any atom is 0.406 e. The summed E-state index contributed by atoms with van der Waals surface area (Å²) < 4.78 is 38.8. The molecule has 1 aromatic carbocycles. The second-order valence-corrected chi connectivity index (χ2v) is 6.45. The summed E-state index contributed by atoms with van der Waals surface area (Å²) in [5, 5.41) is 10.4. The maximum absolute atomic E-state index is 12.8. The molecule has 0 saturated carbocycles. The predicted octanol–water partition coefficient (Wildman–Crippen LogP) is 4.59. The van der Waals surface area contributed by atoms with E-state index in [9.17, 15) is 18.0 Å². The zero-order valence-electron chi connectivity index (χ0n) is 11.6. The van der Waals surface area contributed by atoms with Gasteiger partial charge in [0.05, 0.1) is 11.6 Å². The molecule has 0 aliphatic carbocycles. The van der Waals surface area contributed by atoms with Crippen molar-refractivity contribution in [2.45, 2.75) is 12.7 Å². The van der Waals surface area contributed by atoms with Crippen molar-refractivity contribution in [2.75, 3.05) is 6.54 Å². The lowest BCUT2D eigenvalue weighted by molar-refractivity contribution is -0.141. The van der Waals surface area contributed by atoms with E-state index in [4.69, 9.17) is 5.26 Å². The molecule has 1 aromatic heterocycles. The molecule has 0 atom stereocenters. The first-order valence-corrected chi connectivity index (χ1v) is 8.05. The summed E-state index contributed by atoms with van der Waals surface area (Å²) in [6, 6.07) is 9.64. The number of hydrogen-bond donors (Lipinski definition) is 0. The molecule has 0 saturated heterocycles. The Labute approximate surface area is 143 Å². The van der Waals surface area contributed by atoms with Gasteiger partial charge < -0.3 is 4.90 Å². The van der Waals surface area contributed by atoms with Gasteiger partial charge in [-0.3, -0.25) is 4.79 Å². The molecule has 0 N–H and O–H groups in total. The van der Waals surface area contributed by atoms with Crippen LogP contribution in [0.3, 0.4) is 0 Å². The number of nitriles is 1. The third-order valence-corrected chi connectivity index (χ3v) is 4.75. The zero-order chi connectivity index (χ0) is 17.0. The number of hydrogen-bond acceptors (Lipinski definition) is 3. The summed E-state index contributed by atoms with van der Waals surface area (Å²) in [5.41, 5.74) is 0.928. The lowest BCUT2D eigenvalue weighted by Gasteiger charge is -2.24. The first-order valence-electron chi connectivity index (χ1n) is 6.38. The minimum absolute atomic E-state index is 0.186. The highest BCUT2D eigenvalue weighted by atomic mass is 79.9. The van der Waals surface area contributed by atoms with Crippen molar-refractivity contribution in [2.24, 2.45) is 0 Å². The van der Waals surface area contributed by atoms with E-state index in [0.29, 0.717) is 15.6 Å². The van der Waals surface area contributed by atoms with E-state index in [1.807, 2.05) is 6.07 Å². The van der Waals surface area contributed by atoms with Crippen molar-refractivity contribution in [3.05, 3.63) is 56.2 Å². The lowest BCUT2D eigenvalue weighted by atomic mass is 10.1. The Balaban J connectivity index is 2.25. The average molecular weight is 403 g/mol. The van der Waals surface area contributed by atoms with Gasteiger partial charge in [-0.15, -0.1) is 11.3 Å². The van der Waals surface area contributed by atoms with Crippen LogP contribution in [0.1, 0.15) is 20.8 Å². The van der Waals surface area contributed by atoms with Crippen molar-refractivity contribution < 1.29 is 18.0 Å². The van der Waals surface area contributed by atoms with Crippen LogP contribution in [0.25, 0.3) is 0 Å². The van der Waals surface area contributed by atoms with E-state index in [0.717, 1.165) is 16.2 Å². The van der Waals surface area contributed by atoms with Crippen LogP contribution in [-0.4, -0.2) is 23.5 Å². The molecule has 0 spiro atoms. The quantitative estimate of drug-likeness (QED) is 0.750. The molecule has 1 heterocycles. The molecule has 0 radical (unpaired) electrons. The number of benzene rings is 1. The van der Waals surface area contributed by atoms with Crippen molar-refractivity contribution in [3.8, 4) is 6.07 Å². The van der Waals surface area contributed by atoms with Gasteiger partial charge in [-0.25, -0.2) is 0 Å². The van der Waals surface area contributed by atoms with Gasteiger partial charge in [-0.2, -0.15) is 18.4 Å². The second kappa shape index (κ2) is 7.15. The Bertz CT molecular complexity index is 734. The summed E-state index contributed by atoms with van der Waals surface area (Å²) in [4.78, 5) is 13.4. The smallest absolute Gasteiger partial charge is 0.324 e. The van der Waals surface area contributed by atoms with Crippen molar-refractivity contribution in [3.63, 3.8) is 0 Å². The molecule has 2 rings (SSSR count). The summed E-state index contributed by atoms with van der Waals surface area (Å²) in [7, 11) is 0. The van der Waals surface area contributed by atoms with Crippen LogP contribution >= 0.6 is 27.3 Å². The Morgan fingerprint density at radius 2 is 1.91 bits per heavy atom. The summed E-state index contributed by atoms with van der Waals surface area (Å²) >= 11 is 4.24. The van der Waals surface area contributed by atoms with E-state index < -0.39 is 18.6 Å². The largest absolute Gasteiger partial charge is 0.406 e. The average Bonchev–Trinajstić information content (AvgIpc) is 2.91. The molecule has 0 fully saturated rings.